The second-order valence-corrected chi connectivity index (χ2v) is 12.4. The summed E-state index contributed by atoms with van der Waals surface area (Å²) < 4.78 is 8.66. The Morgan fingerprint density at radius 1 is 0.469 bits per heavy atom. The zero-order chi connectivity index (χ0) is 21.4. The quantitative estimate of drug-likeness (QED) is 0.230. The van der Waals surface area contributed by atoms with Gasteiger partial charge >= 0.3 is 0 Å². The molecule has 0 aliphatic carbocycles. The Labute approximate surface area is 202 Å². The number of thiophene rings is 4. The molecule has 0 atom stereocenters. The molecule has 0 saturated carbocycles. The number of fused-ring (bicyclic) bond motifs is 6. The summed E-state index contributed by atoms with van der Waals surface area (Å²) in [4.78, 5) is 2.73. The van der Waals surface area contributed by atoms with Crippen molar-refractivity contribution in [1.82, 2.24) is 0 Å². The molecule has 0 amide bonds. The molecule has 0 unspecified atom stereocenters. The molecular formula is C28H18S4. The van der Waals surface area contributed by atoms with Gasteiger partial charge in [0, 0.05) is 39.3 Å². The molecule has 0 radical (unpaired) electrons. The highest BCUT2D eigenvalue weighted by atomic mass is 32.1. The van der Waals surface area contributed by atoms with Crippen molar-refractivity contribution >= 4 is 84.3 Å². The third-order valence-corrected chi connectivity index (χ3v) is 11.5. The molecule has 0 fully saturated rings. The van der Waals surface area contributed by atoms with Crippen molar-refractivity contribution in [2.75, 3.05) is 0 Å². The summed E-state index contributed by atoms with van der Waals surface area (Å²) in [5.41, 5.74) is 5.52. The molecule has 0 bridgehead atoms. The normalized spacial score (nSPS) is 12.1. The van der Waals surface area contributed by atoms with Crippen molar-refractivity contribution in [3.8, 4) is 20.9 Å². The summed E-state index contributed by atoms with van der Waals surface area (Å²) in [6.07, 6.45) is 0. The smallest absolute Gasteiger partial charge is 0.0539 e. The van der Waals surface area contributed by atoms with Crippen molar-refractivity contribution in [3.63, 3.8) is 0 Å². The van der Waals surface area contributed by atoms with Gasteiger partial charge in [-0.25, -0.2) is 0 Å². The van der Waals surface area contributed by atoms with E-state index in [1.165, 1.54) is 71.0 Å². The van der Waals surface area contributed by atoms with Crippen LogP contribution in [0.1, 0.15) is 11.1 Å². The number of aryl methyl sites for hydroxylation is 2. The van der Waals surface area contributed by atoms with Crippen molar-refractivity contribution in [2.45, 2.75) is 13.8 Å². The molecule has 4 aromatic heterocycles. The van der Waals surface area contributed by atoms with Crippen LogP contribution in [0.25, 0.3) is 59.9 Å². The zero-order valence-electron chi connectivity index (χ0n) is 17.6. The largest absolute Gasteiger partial charge is 0.134 e. The van der Waals surface area contributed by atoms with Crippen molar-refractivity contribution in [2.24, 2.45) is 0 Å². The van der Waals surface area contributed by atoms with Crippen molar-refractivity contribution < 1.29 is 0 Å². The van der Waals surface area contributed by atoms with E-state index >= 15 is 0 Å². The second kappa shape index (κ2) is 7.00. The van der Waals surface area contributed by atoms with E-state index in [2.05, 4.69) is 86.6 Å². The van der Waals surface area contributed by atoms with E-state index in [1.807, 2.05) is 45.3 Å². The number of benzene rings is 3. The lowest BCUT2D eigenvalue weighted by atomic mass is 10.0. The highest BCUT2D eigenvalue weighted by molar-refractivity contribution is 7.36. The van der Waals surface area contributed by atoms with Gasteiger partial charge < -0.3 is 0 Å². The van der Waals surface area contributed by atoms with E-state index in [-0.39, 0.29) is 0 Å². The van der Waals surface area contributed by atoms with Gasteiger partial charge in [0.1, 0.15) is 0 Å². The summed E-state index contributed by atoms with van der Waals surface area (Å²) in [5.74, 6) is 0. The third-order valence-electron chi connectivity index (χ3n) is 6.28. The van der Waals surface area contributed by atoms with Crippen molar-refractivity contribution in [3.05, 3.63) is 83.9 Å². The van der Waals surface area contributed by atoms with Gasteiger partial charge in [-0.2, -0.15) is 0 Å². The second-order valence-electron chi connectivity index (χ2n) is 8.20. The maximum absolute atomic E-state index is 2.39. The van der Waals surface area contributed by atoms with E-state index in [1.54, 1.807) is 0 Å². The fourth-order valence-electron chi connectivity index (χ4n) is 4.70. The van der Waals surface area contributed by atoms with E-state index in [4.69, 9.17) is 0 Å². The molecule has 32 heavy (non-hydrogen) atoms. The zero-order valence-corrected chi connectivity index (χ0v) is 20.8. The predicted octanol–water partition coefficient (Wildman–Crippen LogP) is 10.5. The van der Waals surface area contributed by atoms with Gasteiger partial charge in [-0.1, -0.05) is 60.7 Å². The first-order valence-corrected chi connectivity index (χ1v) is 13.9. The summed E-state index contributed by atoms with van der Waals surface area (Å²) in [6, 6.07) is 26.3. The summed E-state index contributed by atoms with van der Waals surface area (Å²) >= 11 is 7.82. The summed E-state index contributed by atoms with van der Waals surface area (Å²) in [7, 11) is 0. The average molecular weight is 483 g/mol. The molecule has 0 saturated heterocycles. The number of rotatable bonds is 2. The lowest BCUT2D eigenvalue weighted by molar-refractivity contribution is 1.59. The Morgan fingerprint density at radius 3 is 1.28 bits per heavy atom. The van der Waals surface area contributed by atoms with Crippen LogP contribution in [-0.4, -0.2) is 0 Å². The molecule has 3 aromatic carbocycles. The highest BCUT2D eigenvalue weighted by Gasteiger charge is 2.21. The molecule has 0 nitrogen and oxygen atoms in total. The average Bonchev–Trinajstić information content (AvgIpc) is 3.57. The molecule has 0 spiro atoms. The standard InChI is InChI=1S/C28H18S4/c1-15-23-26(32-21-13-19(29-27(21)23)17-9-5-3-6-10-17)16(2)24-25(15)31-22-14-20(30-28(22)24)18-11-7-4-8-12-18/h3-14H,1-2H3. The Balaban J connectivity index is 1.50. The molecule has 7 aromatic rings. The van der Waals surface area contributed by atoms with Gasteiger partial charge in [0.25, 0.3) is 0 Å². The van der Waals surface area contributed by atoms with Crippen LogP contribution in [0.4, 0.5) is 0 Å². The maximum Gasteiger partial charge on any atom is 0.0539 e. The molecule has 7 rings (SSSR count). The van der Waals surface area contributed by atoms with Crippen LogP contribution in [-0.2, 0) is 0 Å². The highest BCUT2D eigenvalue weighted by Crippen LogP contribution is 2.52. The molecule has 0 N–H and O–H groups in total. The molecule has 4 heteroatoms. The Kier molecular flexibility index (Phi) is 4.16. The van der Waals surface area contributed by atoms with Gasteiger partial charge in [-0.3, -0.25) is 0 Å². The minimum atomic E-state index is 1.31. The topological polar surface area (TPSA) is 0 Å². The fraction of sp³-hybridized carbons (Fsp3) is 0.0714. The minimum Gasteiger partial charge on any atom is -0.134 e. The molecule has 154 valence electrons. The monoisotopic (exact) mass is 482 g/mol. The first-order chi connectivity index (χ1) is 15.7. The lowest BCUT2D eigenvalue weighted by Crippen LogP contribution is -1.80. The summed E-state index contributed by atoms with van der Waals surface area (Å²) in [5, 5.41) is 2.94. The minimum absolute atomic E-state index is 1.31. The van der Waals surface area contributed by atoms with Gasteiger partial charge in [0.2, 0.25) is 0 Å². The van der Waals surface area contributed by atoms with Crippen LogP contribution in [0, 0.1) is 13.8 Å². The van der Waals surface area contributed by atoms with Crippen LogP contribution >= 0.6 is 45.3 Å². The van der Waals surface area contributed by atoms with E-state index in [9.17, 15) is 0 Å². The van der Waals surface area contributed by atoms with Crippen LogP contribution in [0.3, 0.4) is 0 Å². The third kappa shape index (κ3) is 2.64. The first kappa shape index (κ1) is 19.0. The summed E-state index contributed by atoms with van der Waals surface area (Å²) in [6.45, 7) is 4.66. The SMILES string of the molecule is Cc1c2sc3cc(-c4ccccc4)sc3c2c(C)c2sc3cc(-c4ccccc4)sc3c12. The van der Waals surface area contributed by atoms with Gasteiger partial charge in [0.05, 0.1) is 9.40 Å². The molecule has 0 aliphatic rings. The van der Waals surface area contributed by atoms with Gasteiger partial charge in [0.15, 0.2) is 0 Å². The van der Waals surface area contributed by atoms with E-state index < -0.39 is 0 Å². The van der Waals surface area contributed by atoms with Gasteiger partial charge in [-0.15, -0.1) is 45.3 Å². The maximum atomic E-state index is 2.39. The van der Waals surface area contributed by atoms with Crippen LogP contribution in [0.5, 0.6) is 0 Å². The van der Waals surface area contributed by atoms with Crippen molar-refractivity contribution in [1.29, 1.82) is 0 Å². The fourth-order valence-corrected chi connectivity index (χ4v) is 10.2. The van der Waals surface area contributed by atoms with E-state index in [0.717, 1.165) is 0 Å². The Hall–Kier alpha value is -2.50. The van der Waals surface area contributed by atoms with Crippen LogP contribution in [0.15, 0.2) is 72.8 Å². The number of hydrogen-bond donors (Lipinski definition) is 0. The van der Waals surface area contributed by atoms with Crippen LogP contribution < -0.4 is 0 Å². The van der Waals surface area contributed by atoms with E-state index in [0.29, 0.717) is 0 Å². The predicted molar refractivity (Wildman–Crippen MR) is 148 cm³/mol. The number of hydrogen-bond acceptors (Lipinski definition) is 4. The lowest BCUT2D eigenvalue weighted by Gasteiger charge is -2.05. The first-order valence-electron chi connectivity index (χ1n) is 10.6. The molecule has 0 aliphatic heterocycles. The van der Waals surface area contributed by atoms with Crippen LogP contribution in [0.2, 0.25) is 0 Å². The Bertz CT molecular complexity index is 1640. The van der Waals surface area contributed by atoms with Gasteiger partial charge in [-0.05, 0) is 48.2 Å². The molecular weight excluding hydrogens is 465 g/mol. The molecule has 4 heterocycles. The Morgan fingerprint density at radius 2 is 0.875 bits per heavy atom.